The second-order valence-corrected chi connectivity index (χ2v) is 6.63. The Bertz CT molecular complexity index is 742. The van der Waals surface area contributed by atoms with Crippen LogP contribution in [-0.4, -0.2) is 35.8 Å². The Morgan fingerprint density at radius 1 is 1.19 bits per heavy atom. The molecule has 140 valence electrons. The molecule has 0 atom stereocenters. The molecule has 0 bridgehead atoms. The van der Waals surface area contributed by atoms with Crippen LogP contribution in [0.4, 0.5) is 0 Å². The summed E-state index contributed by atoms with van der Waals surface area (Å²) in [6, 6.07) is 5.89. The van der Waals surface area contributed by atoms with Crippen LogP contribution in [0.3, 0.4) is 0 Å². The van der Waals surface area contributed by atoms with Gasteiger partial charge in [-0.15, -0.1) is 0 Å². The normalized spacial score (nSPS) is 13.0. The number of hydrogen-bond acceptors (Lipinski definition) is 6. The first kappa shape index (κ1) is 18.2. The van der Waals surface area contributed by atoms with Gasteiger partial charge in [0.2, 0.25) is 11.8 Å². The van der Waals surface area contributed by atoms with E-state index in [1.54, 1.807) is 0 Å². The van der Waals surface area contributed by atoms with Crippen LogP contribution >= 0.6 is 0 Å². The van der Waals surface area contributed by atoms with E-state index in [0.717, 1.165) is 23.5 Å². The van der Waals surface area contributed by atoms with Crippen molar-refractivity contribution in [1.29, 1.82) is 0 Å². The number of ether oxygens (including phenoxy) is 2. The number of aryl methyl sites for hydroxylation is 1. The fourth-order valence-electron chi connectivity index (χ4n) is 2.68. The Morgan fingerprint density at radius 2 is 2.00 bits per heavy atom. The second kappa shape index (κ2) is 8.69. The lowest BCUT2D eigenvalue weighted by molar-refractivity contribution is -0.121. The number of nitrogens with zero attached hydrogens (tertiary/aromatic N) is 2. The highest BCUT2D eigenvalue weighted by atomic mass is 16.6. The summed E-state index contributed by atoms with van der Waals surface area (Å²) in [5.41, 5.74) is 1.11. The summed E-state index contributed by atoms with van der Waals surface area (Å²) in [4.78, 5) is 16.3. The summed E-state index contributed by atoms with van der Waals surface area (Å²) in [6.45, 7) is 5.79. The Hall–Kier alpha value is -2.57. The number of amides is 1. The summed E-state index contributed by atoms with van der Waals surface area (Å²) in [6.07, 6.45) is 2.51. The van der Waals surface area contributed by atoms with Gasteiger partial charge in [0.15, 0.2) is 17.3 Å². The summed E-state index contributed by atoms with van der Waals surface area (Å²) in [5, 5.41) is 6.86. The molecule has 0 aliphatic carbocycles. The molecule has 3 rings (SSSR count). The molecule has 26 heavy (non-hydrogen) atoms. The average molecular weight is 359 g/mol. The van der Waals surface area contributed by atoms with Crippen LogP contribution in [0.2, 0.25) is 0 Å². The van der Waals surface area contributed by atoms with Crippen LogP contribution in [0, 0.1) is 0 Å². The van der Waals surface area contributed by atoms with Gasteiger partial charge in [-0.2, -0.15) is 4.98 Å². The predicted octanol–water partition coefficient (Wildman–Crippen LogP) is 2.65. The molecule has 0 spiro atoms. The number of nitrogens with one attached hydrogen (secondary N) is 1. The van der Waals surface area contributed by atoms with Gasteiger partial charge in [0.25, 0.3) is 0 Å². The summed E-state index contributed by atoms with van der Waals surface area (Å²) in [7, 11) is 0. The van der Waals surface area contributed by atoms with Crippen molar-refractivity contribution in [2.24, 2.45) is 0 Å². The van der Waals surface area contributed by atoms with E-state index in [1.165, 1.54) is 0 Å². The zero-order valence-corrected chi connectivity index (χ0v) is 15.3. The maximum absolute atomic E-state index is 11.9. The monoisotopic (exact) mass is 359 g/mol. The molecule has 7 nitrogen and oxygen atoms in total. The standard InChI is InChI=1S/C19H25N3O4/c1-13(2)19-21-18(26-22-19)5-3-4-17(23)20-9-8-14-6-7-15-16(12-14)25-11-10-24-15/h6-7,12-13H,3-5,8-11H2,1-2H3,(H,20,23). The van der Waals surface area contributed by atoms with E-state index < -0.39 is 0 Å². The van der Waals surface area contributed by atoms with Crippen LogP contribution in [-0.2, 0) is 17.6 Å². The fourth-order valence-corrected chi connectivity index (χ4v) is 2.68. The largest absolute Gasteiger partial charge is 0.486 e. The smallest absolute Gasteiger partial charge is 0.226 e. The van der Waals surface area contributed by atoms with Gasteiger partial charge in [-0.1, -0.05) is 25.1 Å². The van der Waals surface area contributed by atoms with Gasteiger partial charge in [-0.3, -0.25) is 4.79 Å². The molecule has 1 aromatic carbocycles. The van der Waals surface area contributed by atoms with Gasteiger partial charge in [0.05, 0.1) is 0 Å². The van der Waals surface area contributed by atoms with Gasteiger partial charge in [0, 0.05) is 25.3 Å². The van der Waals surface area contributed by atoms with Gasteiger partial charge in [0.1, 0.15) is 13.2 Å². The molecule has 0 saturated carbocycles. The number of hydrogen-bond donors (Lipinski definition) is 1. The molecule has 1 N–H and O–H groups in total. The first-order valence-electron chi connectivity index (χ1n) is 9.09. The highest BCUT2D eigenvalue weighted by molar-refractivity contribution is 5.75. The summed E-state index contributed by atoms with van der Waals surface area (Å²) >= 11 is 0. The Balaban J connectivity index is 1.35. The van der Waals surface area contributed by atoms with E-state index in [4.69, 9.17) is 14.0 Å². The topological polar surface area (TPSA) is 86.5 Å². The van der Waals surface area contributed by atoms with E-state index in [1.807, 2.05) is 32.0 Å². The molecule has 2 aromatic rings. The highest BCUT2D eigenvalue weighted by Crippen LogP contribution is 2.30. The minimum atomic E-state index is 0.0335. The van der Waals surface area contributed by atoms with Crippen LogP contribution in [0.25, 0.3) is 0 Å². The molecule has 1 aromatic heterocycles. The van der Waals surface area contributed by atoms with Crippen molar-refractivity contribution in [3.8, 4) is 11.5 Å². The van der Waals surface area contributed by atoms with Crippen molar-refractivity contribution in [3.63, 3.8) is 0 Å². The van der Waals surface area contributed by atoms with E-state index >= 15 is 0 Å². The lowest BCUT2D eigenvalue weighted by Gasteiger charge is -2.18. The minimum Gasteiger partial charge on any atom is -0.486 e. The van der Waals surface area contributed by atoms with Gasteiger partial charge < -0.3 is 19.3 Å². The maximum atomic E-state index is 11.9. The Labute approximate surface area is 153 Å². The average Bonchev–Trinajstić information content (AvgIpc) is 3.11. The summed E-state index contributed by atoms with van der Waals surface area (Å²) < 4.78 is 16.3. The predicted molar refractivity (Wildman–Crippen MR) is 95.5 cm³/mol. The number of rotatable bonds is 8. The van der Waals surface area contributed by atoms with Crippen LogP contribution in [0.5, 0.6) is 11.5 Å². The van der Waals surface area contributed by atoms with E-state index in [2.05, 4.69) is 15.5 Å². The number of aromatic nitrogens is 2. The Kier molecular flexibility index (Phi) is 6.09. The van der Waals surface area contributed by atoms with Crippen molar-refractivity contribution in [3.05, 3.63) is 35.5 Å². The molecular formula is C19H25N3O4. The van der Waals surface area contributed by atoms with E-state index in [0.29, 0.717) is 50.7 Å². The highest BCUT2D eigenvalue weighted by Gasteiger charge is 2.12. The fraction of sp³-hybridized carbons (Fsp3) is 0.526. The van der Waals surface area contributed by atoms with Crippen molar-refractivity contribution >= 4 is 5.91 Å². The lowest BCUT2D eigenvalue weighted by Crippen LogP contribution is -2.25. The lowest BCUT2D eigenvalue weighted by atomic mass is 10.1. The maximum Gasteiger partial charge on any atom is 0.226 e. The number of carbonyl (C=O) groups excluding carboxylic acids is 1. The number of carbonyl (C=O) groups is 1. The number of fused-ring (bicyclic) bond motifs is 1. The minimum absolute atomic E-state index is 0.0335. The zero-order valence-electron chi connectivity index (χ0n) is 15.3. The Morgan fingerprint density at radius 3 is 2.77 bits per heavy atom. The van der Waals surface area contributed by atoms with Gasteiger partial charge in [-0.25, -0.2) is 0 Å². The van der Waals surface area contributed by atoms with Gasteiger partial charge in [-0.05, 0) is 30.5 Å². The first-order valence-corrected chi connectivity index (χ1v) is 9.09. The molecule has 1 amide bonds. The molecule has 2 heterocycles. The third kappa shape index (κ3) is 4.97. The van der Waals surface area contributed by atoms with Gasteiger partial charge >= 0.3 is 0 Å². The van der Waals surface area contributed by atoms with Crippen LogP contribution < -0.4 is 14.8 Å². The molecule has 7 heteroatoms. The first-order chi connectivity index (χ1) is 12.6. The SMILES string of the molecule is CC(C)c1noc(CCCC(=O)NCCc2ccc3c(c2)OCCO3)n1. The number of benzene rings is 1. The van der Waals surface area contributed by atoms with Crippen molar-refractivity contribution in [2.45, 2.75) is 45.4 Å². The van der Waals surface area contributed by atoms with Crippen molar-refractivity contribution in [1.82, 2.24) is 15.5 Å². The third-order valence-electron chi connectivity index (χ3n) is 4.14. The molecule has 0 fully saturated rings. The van der Waals surface area contributed by atoms with Crippen molar-refractivity contribution in [2.75, 3.05) is 19.8 Å². The molecule has 0 saturated heterocycles. The zero-order chi connectivity index (χ0) is 18.4. The summed E-state index contributed by atoms with van der Waals surface area (Å²) in [5.74, 6) is 3.15. The third-order valence-corrected chi connectivity index (χ3v) is 4.14. The van der Waals surface area contributed by atoms with E-state index in [-0.39, 0.29) is 11.8 Å². The van der Waals surface area contributed by atoms with Crippen molar-refractivity contribution < 1.29 is 18.8 Å². The molecule has 0 unspecified atom stereocenters. The quantitative estimate of drug-likeness (QED) is 0.780. The van der Waals surface area contributed by atoms with E-state index in [9.17, 15) is 4.79 Å². The molecule has 1 aliphatic heterocycles. The van der Waals surface area contributed by atoms with Crippen LogP contribution in [0.1, 0.15) is 49.9 Å². The molecule has 1 aliphatic rings. The van der Waals surface area contributed by atoms with Crippen LogP contribution in [0.15, 0.2) is 22.7 Å². The second-order valence-electron chi connectivity index (χ2n) is 6.63. The molecular weight excluding hydrogens is 334 g/mol. The molecule has 0 radical (unpaired) electrons.